The Morgan fingerprint density at radius 1 is 1.12 bits per heavy atom. The van der Waals surface area contributed by atoms with Crippen LogP contribution in [0, 0.1) is 6.92 Å². The number of aromatic hydroxyl groups is 1. The molecule has 1 unspecified atom stereocenters. The fourth-order valence-electron chi connectivity index (χ4n) is 5.06. The van der Waals surface area contributed by atoms with Crippen LogP contribution in [0.2, 0.25) is 5.02 Å². The first kappa shape index (κ1) is 21.8. The lowest BCUT2D eigenvalue weighted by molar-refractivity contribution is 0.0526. The summed E-state index contributed by atoms with van der Waals surface area (Å²) in [4.78, 5) is 15.4. The maximum absolute atomic E-state index is 13.1. The third kappa shape index (κ3) is 3.65. The third-order valence-electron chi connectivity index (χ3n) is 6.48. The number of fused-ring (bicyclic) bond motifs is 3. The normalized spacial score (nSPS) is 15.4. The lowest BCUT2D eigenvalue weighted by Crippen LogP contribution is -2.27. The number of furan rings is 1. The van der Waals surface area contributed by atoms with E-state index in [4.69, 9.17) is 20.8 Å². The summed E-state index contributed by atoms with van der Waals surface area (Å²) < 4.78 is 11.6. The van der Waals surface area contributed by atoms with Gasteiger partial charge in [0.15, 0.2) is 0 Å². The van der Waals surface area contributed by atoms with Crippen LogP contribution in [0.1, 0.15) is 53.1 Å². The van der Waals surface area contributed by atoms with Crippen molar-refractivity contribution in [2.24, 2.45) is 0 Å². The van der Waals surface area contributed by atoms with Gasteiger partial charge in [-0.2, -0.15) is 0 Å². The molecule has 0 bridgehead atoms. The fourth-order valence-corrected chi connectivity index (χ4v) is 5.19. The molecule has 0 spiro atoms. The zero-order valence-electron chi connectivity index (χ0n) is 18.7. The van der Waals surface area contributed by atoms with Crippen molar-refractivity contribution in [3.63, 3.8) is 0 Å². The van der Waals surface area contributed by atoms with Crippen LogP contribution in [-0.2, 0) is 4.74 Å². The molecule has 5 nitrogen and oxygen atoms in total. The van der Waals surface area contributed by atoms with Gasteiger partial charge in [0.25, 0.3) is 0 Å². The second-order valence-electron chi connectivity index (χ2n) is 8.46. The number of carbonyl (C=O) groups is 1. The molecule has 1 aliphatic rings. The lowest BCUT2D eigenvalue weighted by Gasteiger charge is -2.30. The zero-order valence-corrected chi connectivity index (χ0v) is 19.5. The average molecular weight is 464 g/mol. The summed E-state index contributed by atoms with van der Waals surface area (Å²) >= 11 is 6.19. The van der Waals surface area contributed by atoms with E-state index in [9.17, 15) is 9.90 Å². The minimum absolute atomic E-state index is 0.163. The molecule has 1 fully saturated rings. The molecule has 0 radical (unpaired) electrons. The Morgan fingerprint density at radius 2 is 1.79 bits per heavy atom. The number of carbonyl (C=O) groups excluding carboxylic acids is 1. The molecule has 1 saturated heterocycles. The minimum atomic E-state index is -0.444. The van der Waals surface area contributed by atoms with Crippen LogP contribution in [0.4, 0.5) is 0 Å². The van der Waals surface area contributed by atoms with Gasteiger partial charge < -0.3 is 14.3 Å². The van der Waals surface area contributed by atoms with Gasteiger partial charge in [0, 0.05) is 26.7 Å². The Balaban J connectivity index is 1.90. The van der Waals surface area contributed by atoms with Crippen LogP contribution >= 0.6 is 11.6 Å². The van der Waals surface area contributed by atoms with Gasteiger partial charge in [0.1, 0.15) is 22.7 Å². The maximum Gasteiger partial charge on any atom is 0.342 e. The molecular formula is C27H26ClNO4. The van der Waals surface area contributed by atoms with Gasteiger partial charge in [0.2, 0.25) is 0 Å². The first-order valence-electron chi connectivity index (χ1n) is 11.3. The van der Waals surface area contributed by atoms with Crippen molar-refractivity contribution in [1.29, 1.82) is 0 Å². The molecule has 170 valence electrons. The first-order valence-corrected chi connectivity index (χ1v) is 11.7. The number of phenolic OH excluding ortho intramolecular Hbond substituents is 1. The largest absolute Gasteiger partial charge is 0.507 e. The van der Waals surface area contributed by atoms with E-state index < -0.39 is 5.97 Å². The number of aryl methyl sites for hydroxylation is 1. The molecule has 33 heavy (non-hydrogen) atoms. The highest BCUT2D eigenvalue weighted by Gasteiger charge is 2.34. The summed E-state index contributed by atoms with van der Waals surface area (Å²) in [6.07, 6.45) is 2.16. The van der Waals surface area contributed by atoms with Crippen LogP contribution in [0.25, 0.3) is 21.7 Å². The Hall–Kier alpha value is -3.02. The number of esters is 1. The number of likely N-dealkylation sites (tertiary alicyclic amines) is 1. The quantitative estimate of drug-likeness (QED) is 0.337. The van der Waals surface area contributed by atoms with Crippen molar-refractivity contribution in [3.8, 4) is 5.75 Å². The van der Waals surface area contributed by atoms with Gasteiger partial charge in [-0.05, 0) is 57.5 Å². The predicted molar refractivity (Wildman–Crippen MR) is 130 cm³/mol. The van der Waals surface area contributed by atoms with Crippen LogP contribution in [0.5, 0.6) is 5.75 Å². The molecule has 1 aliphatic heterocycles. The summed E-state index contributed by atoms with van der Waals surface area (Å²) in [6.45, 7) is 5.60. The first-order chi connectivity index (χ1) is 16.0. The van der Waals surface area contributed by atoms with E-state index in [-0.39, 0.29) is 18.4 Å². The number of phenols is 1. The molecule has 0 amide bonds. The Kier molecular flexibility index (Phi) is 5.77. The van der Waals surface area contributed by atoms with Crippen molar-refractivity contribution >= 4 is 39.3 Å². The van der Waals surface area contributed by atoms with Crippen LogP contribution < -0.4 is 0 Å². The fraction of sp³-hybridized carbons (Fsp3) is 0.296. The zero-order chi connectivity index (χ0) is 23.1. The van der Waals surface area contributed by atoms with Gasteiger partial charge in [-0.25, -0.2) is 4.79 Å². The Labute approximate surface area is 197 Å². The summed E-state index contributed by atoms with van der Waals surface area (Å²) in [5, 5.41) is 14.4. The van der Waals surface area contributed by atoms with E-state index in [1.165, 1.54) is 0 Å². The predicted octanol–water partition coefficient (Wildman–Crippen LogP) is 6.62. The highest BCUT2D eigenvalue weighted by atomic mass is 35.5. The van der Waals surface area contributed by atoms with Crippen LogP contribution in [0.15, 0.2) is 52.9 Å². The number of halogens is 1. The second-order valence-corrected chi connectivity index (χ2v) is 8.90. The molecule has 3 aromatic carbocycles. The molecule has 1 aromatic heterocycles. The SMILES string of the molecule is CCOC(=O)c1c(C)oc2c1c(C(c1ccc(Cl)cc1)N1CCCC1)c(O)c1ccccc12. The minimum Gasteiger partial charge on any atom is -0.507 e. The third-order valence-corrected chi connectivity index (χ3v) is 6.73. The number of hydrogen-bond donors (Lipinski definition) is 1. The van der Waals surface area contributed by atoms with Gasteiger partial charge in [-0.3, -0.25) is 4.90 Å². The standard InChI is InChI=1S/C27H26ClNO4/c1-3-32-27(31)21-16(2)33-26-20-9-5-4-8-19(20)25(30)23(22(21)26)24(29-14-6-7-15-29)17-10-12-18(28)13-11-17/h4-5,8-13,24,30H,3,6-7,14-15H2,1-2H3. The van der Waals surface area contributed by atoms with Crippen LogP contribution in [0.3, 0.4) is 0 Å². The number of benzene rings is 3. The van der Waals surface area contributed by atoms with Crippen molar-refractivity contribution < 1.29 is 19.1 Å². The summed E-state index contributed by atoms with van der Waals surface area (Å²) in [6, 6.07) is 15.0. The highest BCUT2D eigenvalue weighted by molar-refractivity contribution is 6.30. The molecule has 0 saturated carbocycles. The lowest BCUT2D eigenvalue weighted by atomic mass is 9.89. The summed E-state index contributed by atoms with van der Waals surface area (Å²) in [7, 11) is 0. The number of nitrogens with zero attached hydrogens (tertiary/aromatic N) is 1. The van der Waals surface area contributed by atoms with Gasteiger partial charge in [-0.1, -0.05) is 48.0 Å². The highest BCUT2D eigenvalue weighted by Crippen LogP contribution is 2.48. The number of hydrogen-bond acceptors (Lipinski definition) is 5. The molecule has 1 atom stereocenters. The summed E-state index contributed by atoms with van der Waals surface area (Å²) in [5.41, 5.74) is 2.65. The molecule has 4 aromatic rings. The Bertz CT molecular complexity index is 1340. The average Bonchev–Trinajstić information content (AvgIpc) is 3.45. The molecule has 0 aliphatic carbocycles. The molecule has 5 rings (SSSR count). The number of ether oxygens (including phenoxy) is 1. The van der Waals surface area contributed by atoms with E-state index >= 15 is 0 Å². The van der Waals surface area contributed by atoms with E-state index in [2.05, 4.69) is 4.90 Å². The molecule has 2 heterocycles. The maximum atomic E-state index is 13.1. The van der Waals surface area contributed by atoms with E-state index in [0.29, 0.717) is 38.3 Å². The van der Waals surface area contributed by atoms with E-state index in [1.54, 1.807) is 13.8 Å². The van der Waals surface area contributed by atoms with Crippen molar-refractivity contribution in [2.45, 2.75) is 32.7 Å². The molecule has 1 N–H and O–H groups in total. The smallest absolute Gasteiger partial charge is 0.342 e. The molecule has 6 heteroatoms. The second kappa shape index (κ2) is 8.73. The van der Waals surface area contributed by atoms with Gasteiger partial charge in [0.05, 0.1) is 12.6 Å². The molecular weight excluding hydrogens is 438 g/mol. The van der Waals surface area contributed by atoms with E-state index in [1.807, 2.05) is 48.5 Å². The van der Waals surface area contributed by atoms with Gasteiger partial charge >= 0.3 is 5.97 Å². The van der Waals surface area contributed by atoms with Gasteiger partial charge in [-0.15, -0.1) is 0 Å². The van der Waals surface area contributed by atoms with Crippen molar-refractivity contribution in [2.75, 3.05) is 19.7 Å². The van der Waals surface area contributed by atoms with Crippen molar-refractivity contribution in [1.82, 2.24) is 4.90 Å². The van der Waals surface area contributed by atoms with Crippen molar-refractivity contribution in [3.05, 3.63) is 76.0 Å². The monoisotopic (exact) mass is 463 g/mol. The number of rotatable bonds is 5. The van der Waals surface area contributed by atoms with E-state index in [0.717, 1.165) is 36.9 Å². The topological polar surface area (TPSA) is 62.9 Å². The van der Waals surface area contributed by atoms with Crippen LogP contribution in [-0.4, -0.2) is 35.7 Å². The Morgan fingerprint density at radius 3 is 2.45 bits per heavy atom. The summed E-state index contributed by atoms with van der Waals surface area (Å²) in [5.74, 6) is 0.203.